The number of amides is 1. The minimum Gasteiger partial charge on any atom is -0.504 e. The lowest BCUT2D eigenvalue weighted by Gasteiger charge is -2.11. The average Bonchev–Trinajstić information content (AvgIpc) is 2.43. The number of benzene rings is 2. The van der Waals surface area contributed by atoms with Gasteiger partial charge in [-0.15, -0.1) is 0 Å². The Bertz CT molecular complexity index is 707. The van der Waals surface area contributed by atoms with E-state index >= 15 is 0 Å². The number of carbonyl (C=O) groups excluding carboxylic acids is 1. The van der Waals surface area contributed by atoms with Gasteiger partial charge in [-0.05, 0) is 30.3 Å². The van der Waals surface area contributed by atoms with Crippen LogP contribution in [0, 0.1) is 0 Å². The number of anilines is 1. The molecule has 0 radical (unpaired) electrons. The molecule has 21 heavy (non-hydrogen) atoms. The van der Waals surface area contributed by atoms with E-state index in [0.29, 0.717) is 16.3 Å². The van der Waals surface area contributed by atoms with E-state index < -0.39 is 5.91 Å². The van der Waals surface area contributed by atoms with Crippen LogP contribution in [-0.2, 0) is 0 Å². The van der Waals surface area contributed by atoms with E-state index in [-0.39, 0.29) is 16.5 Å². The van der Waals surface area contributed by atoms with E-state index in [9.17, 15) is 9.90 Å². The molecular formula is C14H10BrCl2NO3. The highest BCUT2D eigenvalue weighted by Crippen LogP contribution is 2.35. The van der Waals surface area contributed by atoms with Gasteiger partial charge in [-0.2, -0.15) is 0 Å². The first-order valence-electron chi connectivity index (χ1n) is 5.75. The zero-order valence-corrected chi connectivity index (χ0v) is 13.9. The first-order chi connectivity index (χ1) is 9.92. The lowest BCUT2D eigenvalue weighted by atomic mass is 10.2. The minimum absolute atomic E-state index is 0.0561. The van der Waals surface area contributed by atoms with Crippen LogP contribution in [0.2, 0.25) is 10.0 Å². The summed E-state index contributed by atoms with van der Waals surface area (Å²) < 4.78 is 5.94. The number of halogens is 3. The fourth-order valence-electron chi connectivity index (χ4n) is 1.70. The van der Waals surface area contributed by atoms with Crippen LogP contribution in [-0.4, -0.2) is 18.1 Å². The second-order valence-corrected chi connectivity index (χ2v) is 5.84. The van der Waals surface area contributed by atoms with E-state index in [1.54, 1.807) is 18.2 Å². The van der Waals surface area contributed by atoms with Gasteiger partial charge in [-0.3, -0.25) is 4.79 Å². The topological polar surface area (TPSA) is 58.6 Å². The number of methoxy groups -OCH3 is 1. The maximum atomic E-state index is 12.3. The third-order valence-electron chi connectivity index (χ3n) is 2.68. The molecule has 0 fully saturated rings. The third-order valence-corrected chi connectivity index (χ3v) is 3.68. The second kappa shape index (κ2) is 6.56. The summed E-state index contributed by atoms with van der Waals surface area (Å²) in [6.07, 6.45) is 0. The summed E-state index contributed by atoms with van der Waals surface area (Å²) in [5.74, 6) is -0.298. The van der Waals surface area contributed by atoms with Crippen LogP contribution < -0.4 is 10.1 Å². The number of ether oxygens (including phenoxy) is 1. The van der Waals surface area contributed by atoms with E-state index in [2.05, 4.69) is 21.2 Å². The molecule has 1 amide bonds. The summed E-state index contributed by atoms with van der Waals surface area (Å²) in [6.45, 7) is 0. The smallest absolute Gasteiger partial charge is 0.259 e. The highest BCUT2D eigenvalue weighted by molar-refractivity contribution is 9.10. The maximum absolute atomic E-state index is 12.3. The van der Waals surface area contributed by atoms with Gasteiger partial charge >= 0.3 is 0 Å². The minimum atomic E-state index is -0.451. The molecule has 110 valence electrons. The molecule has 0 aromatic heterocycles. The number of aromatic hydroxyl groups is 1. The molecule has 0 aliphatic rings. The van der Waals surface area contributed by atoms with Gasteiger partial charge in [-0.25, -0.2) is 0 Å². The first kappa shape index (κ1) is 15.9. The summed E-state index contributed by atoms with van der Waals surface area (Å²) in [5.41, 5.74) is 0.443. The molecular weight excluding hydrogens is 381 g/mol. The fraction of sp³-hybridized carbons (Fsp3) is 0.0714. The molecule has 2 rings (SSSR count). The molecule has 4 nitrogen and oxygen atoms in total. The lowest BCUT2D eigenvalue weighted by molar-refractivity contribution is 0.102. The van der Waals surface area contributed by atoms with Crippen LogP contribution in [0.5, 0.6) is 11.5 Å². The Morgan fingerprint density at radius 2 is 2.00 bits per heavy atom. The van der Waals surface area contributed by atoms with Crippen molar-refractivity contribution in [2.45, 2.75) is 0 Å². The molecule has 0 heterocycles. The van der Waals surface area contributed by atoms with E-state index in [1.807, 2.05) is 0 Å². The van der Waals surface area contributed by atoms with Crippen LogP contribution in [0.4, 0.5) is 5.69 Å². The number of hydrogen-bond acceptors (Lipinski definition) is 3. The normalized spacial score (nSPS) is 10.3. The van der Waals surface area contributed by atoms with Crippen molar-refractivity contribution in [2.24, 2.45) is 0 Å². The Balaban J connectivity index is 2.35. The fourth-order valence-corrected chi connectivity index (χ4v) is 2.54. The van der Waals surface area contributed by atoms with Crippen molar-refractivity contribution in [1.29, 1.82) is 0 Å². The SMILES string of the molecule is COc1cc(Br)ccc1C(=O)Nc1cc(Cl)cc(Cl)c1O. The molecule has 0 saturated heterocycles. The zero-order valence-electron chi connectivity index (χ0n) is 10.8. The molecule has 0 aliphatic carbocycles. The van der Waals surface area contributed by atoms with Gasteiger partial charge in [0.05, 0.1) is 23.4 Å². The molecule has 0 bridgehead atoms. The Hall–Kier alpha value is -1.43. The number of nitrogens with one attached hydrogen (secondary N) is 1. The van der Waals surface area contributed by atoms with Crippen molar-refractivity contribution < 1.29 is 14.6 Å². The monoisotopic (exact) mass is 389 g/mol. The highest BCUT2D eigenvalue weighted by Gasteiger charge is 2.16. The summed E-state index contributed by atoms with van der Waals surface area (Å²) >= 11 is 15.0. The van der Waals surface area contributed by atoms with Gasteiger partial charge < -0.3 is 15.2 Å². The molecule has 2 N–H and O–H groups in total. The van der Waals surface area contributed by atoms with Crippen LogP contribution in [0.25, 0.3) is 0 Å². The van der Waals surface area contributed by atoms with Crippen molar-refractivity contribution in [3.63, 3.8) is 0 Å². The predicted octanol–water partition coefficient (Wildman–Crippen LogP) is 4.72. The van der Waals surface area contributed by atoms with Crippen molar-refractivity contribution in [2.75, 3.05) is 12.4 Å². The molecule has 2 aromatic rings. The molecule has 0 saturated carbocycles. The highest BCUT2D eigenvalue weighted by atomic mass is 79.9. The molecule has 0 unspecified atom stereocenters. The molecule has 0 spiro atoms. The van der Waals surface area contributed by atoms with Crippen molar-refractivity contribution >= 4 is 50.7 Å². The zero-order chi connectivity index (χ0) is 15.6. The van der Waals surface area contributed by atoms with E-state index in [4.69, 9.17) is 27.9 Å². The van der Waals surface area contributed by atoms with Gasteiger partial charge in [0.1, 0.15) is 5.75 Å². The van der Waals surface area contributed by atoms with Crippen LogP contribution in [0.1, 0.15) is 10.4 Å². The Morgan fingerprint density at radius 1 is 1.29 bits per heavy atom. The van der Waals surface area contributed by atoms with Crippen LogP contribution in [0.15, 0.2) is 34.8 Å². The molecule has 7 heteroatoms. The lowest BCUT2D eigenvalue weighted by Crippen LogP contribution is -2.13. The quantitative estimate of drug-likeness (QED) is 0.745. The van der Waals surface area contributed by atoms with E-state index in [0.717, 1.165) is 4.47 Å². The molecule has 0 aliphatic heterocycles. The van der Waals surface area contributed by atoms with Crippen LogP contribution >= 0.6 is 39.1 Å². The predicted molar refractivity (Wildman–Crippen MR) is 86.8 cm³/mol. The van der Waals surface area contributed by atoms with Crippen molar-refractivity contribution in [3.05, 3.63) is 50.4 Å². The second-order valence-electron chi connectivity index (χ2n) is 4.08. The largest absolute Gasteiger partial charge is 0.504 e. The summed E-state index contributed by atoms with van der Waals surface area (Å²) in [7, 11) is 1.46. The third kappa shape index (κ3) is 3.61. The van der Waals surface area contributed by atoms with Gasteiger partial charge in [-0.1, -0.05) is 39.1 Å². The van der Waals surface area contributed by atoms with Crippen LogP contribution in [0.3, 0.4) is 0 Å². The van der Waals surface area contributed by atoms with Gasteiger partial charge in [0, 0.05) is 9.50 Å². The Kier molecular flexibility index (Phi) is 4.98. The molecule has 2 aromatic carbocycles. The number of phenols is 1. The number of hydrogen-bond donors (Lipinski definition) is 2. The average molecular weight is 391 g/mol. The summed E-state index contributed by atoms with van der Waals surface area (Å²) in [4.78, 5) is 12.3. The Labute approximate surface area is 139 Å². The van der Waals surface area contributed by atoms with Gasteiger partial charge in [0.15, 0.2) is 5.75 Å². The maximum Gasteiger partial charge on any atom is 0.259 e. The van der Waals surface area contributed by atoms with Gasteiger partial charge in [0.2, 0.25) is 0 Å². The number of rotatable bonds is 3. The van der Waals surface area contributed by atoms with E-state index in [1.165, 1.54) is 19.2 Å². The summed E-state index contributed by atoms with van der Waals surface area (Å²) in [5, 5.41) is 12.8. The number of phenolic OH excluding ortho intramolecular Hbond substituents is 1. The van der Waals surface area contributed by atoms with Crippen molar-refractivity contribution in [3.8, 4) is 11.5 Å². The number of carbonyl (C=O) groups is 1. The standard InChI is InChI=1S/C14H10BrCl2NO3/c1-21-12-4-7(15)2-3-9(12)14(20)18-11-6-8(16)5-10(17)13(11)19/h2-6,19H,1H3,(H,18,20). The Morgan fingerprint density at radius 3 is 2.67 bits per heavy atom. The van der Waals surface area contributed by atoms with Crippen molar-refractivity contribution in [1.82, 2.24) is 0 Å². The van der Waals surface area contributed by atoms with Gasteiger partial charge in [0.25, 0.3) is 5.91 Å². The first-order valence-corrected chi connectivity index (χ1v) is 7.30. The molecule has 0 atom stereocenters. The summed E-state index contributed by atoms with van der Waals surface area (Å²) in [6, 6.07) is 7.77.